The van der Waals surface area contributed by atoms with Crippen molar-refractivity contribution in [3.8, 4) is 11.4 Å². The van der Waals surface area contributed by atoms with Gasteiger partial charge in [0.1, 0.15) is 0 Å². The van der Waals surface area contributed by atoms with Crippen molar-refractivity contribution in [3.05, 3.63) is 47.7 Å². The second kappa shape index (κ2) is 3.84. The number of fused-ring (bicyclic) bond motifs is 1. The number of nitrogen functional groups attached to an aromatic ring is 1. The number of benzene rings is 1. The van der Waals surface area contributed by atoms with Crippen LogP contribution >= 0.6 is 0 Å². The standard InChI is InChI=1S/C14H14N4/c1-9-7-11(15)8-10(2)13(9)14-17-16-12-5-3-4-6-18(12)14/h3-8H,15H2,1-2H3. The maximum Gasteiger partial charge on any atom is 0.168 e. The van der Waals surface area contributed by atoms with Gasteiger partial charge in [0.2, 0.25) is 0 Å². The minimum atomic E-state index is 0.780. The minimum Gasteiger partial charge on any atom is -0.399 e. The van der Waals surface area contributed by atoms with Gasteiger partial charge in [-0.15, -0.1) is 10.2 Å². The van der Waals surface area contributed by atoms with Gasteiger partial charge in [0, 0.05) is 17.4 Å². The van der Waals surface area contributed by atoms with E-state index in [1.165, 1.54) is 0 Å². The van der Waals surface area contributed by atoms with Crippen LogP contribution in [-0.4, -0.2) is 14.6 Å². The Labute approximate surface area is 105 Å². The molecule has 0 bridgehead atoms. The molecule has 0 fully saturated rings. The van der Waals surface area contributed by atoms with Crippen LogP contribution in [-0.2, 0) is 0 Å². The van der Waals surface area contributed by atoms with Gasteiger partial charge in [-0.3, -0.25) is 4.40 Å². The van der Waals surface area contributed by atoms with Crippen LogP contribution in [0.5, 0.6) is 0 Å². The summed E-state index contributed by atoms with van der Waals surface area (Å²) in [5.74, 6) is 0.862. The lowest BCUT2D eigenvalue weighted by atomic mass is 10.0. The third kappa shape index (κ3) is 1.54. The van der Waals surface area contributed by atoms with Crippen LogP contribution in [0.2, 0.25) is 0 Å². The number of aromatic nitrogens is 3. The van der Waals surface area contributed by atoms with Crippen molar-refractivity contribution < 1.29 is 0 Å². The van der Waals surface area contributed by atoms with Crippen molar-refractivity contribution in [3.63, 3.8) is 0 Å². The Morgan fingerprint density at radius 1 is 1.06 bits per heavy atom. The molecule has 0 atom stereocenters. The number of nitrogens with zero attached hydrogens (tertiary/aromatic N) is 3. The Kier molecular flexibility index (Phi) is 2.30. The summed E-state index contributed by atoms with van der Waals surface area (Å²) >= 11 is 0. The monoisotopic (exact) mass is 238 g/mol. The lowest BCUT2D eigenvalue weighted by Crippen LogP contribution is -1.96. The van der Waals surface area contributed by atoms with Gasteiger partial charge >= 0.3 is 0 Å². The van der Waals surface area contributed by atoms with Crippen molar-refractivity contribution in [2.24, 2.45) is 0 Å². The van der Waals surface area contributed by atoms with Gasteiger partial charge in [0.15, 0.2) is 11.5 Å². The number of rotatable bonds is 1. The molecule has 90 valence electrons. The summed E-state index contributed by atoms with van der Waals surface area (Å²) in [4.78, 5) is 0. The highest BCUT2D eigenvalue weighted by Crippen LogP contribution is 2.28. The molecule has 0 saturated carbocycles. The maximum absolute atomic E-state index is 5.85. The molecule has 0 aliphatic carbocycles. The van der Waals surface area contributed by atoms with E-state index >= 15 is 0 Å². The minimum absolute atomic E-state index is 0.780. The first kappa shape index (κ1) is 10.8. The molecule has 0 aliphatic heterocycles. The molecule has 0 amide bonds. The molecule has 3 rings (SSSR count). The fourth-order valence-corrected chi connectivity index (χ4v) is 2.36. The van der Waals surface area contributed by atoms with Gasteiger partial charge in [-0.2, -0.15) is 0 Å². The van der Waals surface area contributed by atoms with Crippen molar-refractivity contribution in [2.45, 2.75) is 13.8 Å². The van der Waals surface area contributed by atoms with E-state index in [0.717, 1.165) is 33.8 Å². The molecule has 2 heterocycles. The molecule has 0 spiro atoms. The van der Waals surface area contributed by atoms with Gasteiger partial charge in [0.05, 0.1) is 0 Å². The van der Waals surface area contributed by atoms with E-state index < -0.39 is 0 Å². The van der Waals surface area contributed by atoms with E-state index in [-0.39, 0.29) is 0 Å². The van der Waals surface area contributed by atoms with Crippen LogP contribution in [0.25, 0.3) is 17.0 Å². The molecule has 4 nitrogen and oxygen atoms in total. The smallest absolute Gasteiger partial charge is 0.168 e. The highest BCUT2D eigenvalue weighted by molar-refractivity contribution is 5.70. The molecule has 0 saturated heterocycles. The van der Waals surface area contributed by atoms with Crippen LogP contribution in [0.15, 0.2) is 36.5 Å². The van der Waals surface area contributed by atoms with Gasteiger partial charge in [0.25, 0.3) is 0 Å². The molecular formula is C14H14N4. The first-order chi connectivity index (χ1) is 8.66. The Morgan fingerprint density at radius 2 is 1.78 bits per heavy atom. The van der Waals surface area contributed by atoms with E-state index in [1.807, 2.05) is 54.8 Å². The van der Waals surface area contributed by atoms with Crippen LogP contribution in [0.1, 0.15) is 11.1 Å². The first-order valence-electron chi connectivity index (χ1n) is 5.83. The first-order valence-corrected chi connectivity index (χ1v) is 5.83. The predicted octanol–water partition coefficient (Wildman–Crippen LogP) is 2.60. The number of anilines is 1. The number of hydrogen-bond donors (Lipinski definition) is 1. The second-order valence-electron chi connectivity index (χ2n) is 4.48. The third-order valence-corrected chi connectivity index (χ3v) is 3.09. The molecule has 1 aromatic carbocycles. The Morgan fingerprint density at radius 3 is 2.50 bits per heavy atom. The van der Waals surface area contributed by atoms with Gasteiger partial charge in [-0.1, -0.05) is 6.07 Å². The fourth-order valence-electron chi connectivity index (χ4n) is 2.36. The number of hydrogen-bond acceptors (Lipinski definition) is 3. The number of nitrogens with two attached hydrogens (primary N) is 1. The Hall–Kier alpha value is -2.36. The molecule has 0 radical (unpaired) electrons. The normalized spacial score (nSPS) is 11.0. The summed E-state index contributed by atoms with van der Waals surface area (Å²) in [6.45, 7) is 4.09. The van der Waals surface area contributed by atoms with Crippen LogP contribution < -0.4 is 5.73 Å². The quantitative estimate of drug-likeness (QED) is 0.663. The predicted molar refractivity (Wildman–Crippen MR) is 72.3 cm³/mol. The van der Waals surface area contributed by atoms with Crippen LogP contribution in [0.3, 0.4) is 0 Å². The third-order valence-electron chi connectivity index (χ3n) is 3.09. The van der Waals surface area contributed by atoms with Crippen molar-refractivity contribution in [2.75, 3.05) is 5.73 Å². The SMILES string of the molecule is Cc1cc(N)cc(C)c1-c1nnc2ccccn12. The summed E-state index contributed by atoms with van der Waals surface area (Å²) in [6, 6.07) is 9.80. The molecule has 2 aromatic heterocycles. The fraction of sp³-hybridized carbons (Fsp3) is 0.143. The van der Waals surface area contributed by atoms with Crippen molar-refractivity contribution in [1.82, 2.24) is 14.6 Å². The molecule has 0 aliphatic rings. The summed E-state index contributed by atoms with van der Waals surface area (Å²) in [7, 11) is 0. The topological polar surface area (TPSA) is 56.2 Å². The highest BCUT2D eigenvalue weighted by atomic mass is 15.2. The zero-order valence-corrected chi connectivity index (χ0v) is 10.4. The molecule has 3 aromatic rings. The molecule has 0 unspecified atom stereocenters. The summed E-state index contributed by atoms with van der Waals surface area (Å²) < 4.78 is 1.99. The Bertz CT molecular complexity index is 704. The largest absolute Gasteiger partial charge is 0.399 e. The molecule has 4 heteroatoms. The lowest BCUT2D eigenvalue weighted by Gasteiger charge is -2.09. The zero-order chi connectivity index (χ0) is 12.7. The summed E-state index contributed by atoms with van der Waals surface area (Å²) in [5, 5.41) is 8.47. The Balaban J connectivity index is 2.33. The van der Waals surface area contributed by atoms with E-state index in [4.69, 9.17) is 5.73 Å². The van der Waals surface area contributed by atoms with Crippen molar-refractivity contribution >= 4 is 11.3 Å². The molecule has 2 N–H and O–H groups in total. The van der Waals surface area contributed by atoms with E-state index in [0.29, 0.717) is 0 Å². The van der Waals surface area contributed by atoms with Gasteiger partial charge in [-0.05, 0) is 49.2 Å². The van der Waals surface area contributed by atoms with E-state index in [1.54, 1.807) is 0 Å². The maximum atomic E-state index is 5.85. The molecule has 18 heavy (non-hydrogen) atoms. The van der Waals surface area contributed by atoms with Gasteiger partial charge in [-0.25, -0.2) is 0 Å². The molecular weight excluding hydrogens is 224 g/mol. The number of aryl methyl sites for hydroxylation is 2. The number of pyridine rings is 1. The van der Waals surface area contributed by atoms with Crippen molar-refractivity contribution in [1.29, 1.82) is 0 Å². The van der Waals surface area contributed by atoms with E-state index in [2.05, 4.69) is 10.2 Å². The van der Waals surface area contributed by atoms with E-state index in [9.17, 15) is 0 Å². The average Bonchev–Trinajstić information content (AvgIpc) is 2.72. The lowest BCUT2D eigenvalue weighted by molar-refractivity contribution is 1.10. The highest BCUT2D eigenvalue weighted by Gasteiger charge is 2.13. The second-order valence-corrected chi connectivity index (χ2v) is 4.48. The average molecular weight is 238 g/mol. The summed E-state index contributed by atoms with van der Waals surface area (Å²) in [5.41, 5.74) is 10.8. The van der Waals surface area contributed by atoms with Crippen LogP contribution in [0.4, 0.5) is 5.69 Å². The summed E-state index contributed by atoms with van der Waals surface area (Å²) in [6.07, 6.45) is 1.97. The van der Waals surface area contributed by atoms with Gasteiger partial charge < -0.3 is 5.73 Å². The zero-order valence-electron chi connectivity index (χ0n) is 10.4. The van der Waals surface area contributed by atoms with Crippen LogP contribution in [0, 0.1) is 13.8 Å².